The normalized spacial score (nSPS) is 13.8. The number of carbonyl (C=O) groups is 1. The first kappa shape index (κ1) is 12.9. The van der Waals surface area contributed by atoms with Crippen LogP contribution in [0.3, 0.4) is 0 Å². The van der Waals surface area contributed by atoms with E-state index >= 15 is 0 Å². The summed E-state index contributed by atoms with van der Waals surface area (Å²) in [5.74, 6) is 0.113. The number of amides is 1. The van der Waals surface area contributed by atoms with Crippen molar-refractivity contribution in [3.05, 3.63) is 46.8 Å². The van der Waals surface area contributed by atoms with Gasteiger partial charge >= 0.3 is 0 Å². The third kappa shape index (κ3) is 2.20. The lowest BCUT2D eigenvalue weighted by atomic mass is 9.93. The van der Waals surface area contributed by atoms with Gasteiger partial charge in [0.2, 0.25) is 5.91 Å². The summed E-state index contributed by atoms with van der Waals surface area (Å²) in [4.78, 5) is 16.0. The third-order valence-corrected chi connectivity index (χ3v) is 3.84. The molecule has 2 heterocycles. The lowest BCUT2D eigenvalue weighted by Crippen LogP contribution is -2.20. The number of hydrogen-bond donors (Lipinski definition) is 1. The van der Waals surface area contributed by atoms with E-state index in [1.54, 1.807) is 0 Å². The fourth-order valence-corrected chi connectivity index (χ4v) is 2.83. The highest BCUT2D eigenvalue weighted by molar-refractivity contribution is 5.95. The van der Waals surface area contributed by atoms with E-state index in [-0.39, 0.29) is 5.91 Å². The highest BCUT2D eigenvalue weighted by Crippen LogP contribution is 2.33. The zero-order valence-corrected chi connectivity index (χ0v) is 12.1. The molecule has 3 nitrogen and oxygen atoms in total. The number of nitrogens with one attached hydrogen (secondary N) is 1. The number of hydrogen-bond acceptors (Lipinski definition) is 2. The van der Waals surface area contributed by atoms with E-state index in [9.17, 15) is 4.79 Å². The molecule has 0 fully saturated rings. The minimum Gasteiger partial charge on any atom is -0.326 e. The van der Waals surface area contributed by atoms with E-state index in [1.165, 1.54) is 16.7 Å². The second-order valence-corrected chi connectivity index (χ2v) is 5.46. The molecule has 3 heteroatoms. The quantitative estimate of drug-likeness (QED) is 0.857. The average Bonchev–Trinajstić information content (AvgIpc) is 2.39. The topological polar surface area (TPSA) is 42.0 Å². The molecule has 3 rings (SSSR count). The Morgan fingerprint density at radius 1 is 1.10 bits per heavy atom. The number of nitrogens with zero attached hydrogens (tertiary/aromatic N) is 1. The van der Waals surface area contributed by atoms with Crippen LogP contribution in [0.5, 0.6) is 0 Å². The molecule has 0 unspecified atom stereocenters. The average molecular weight is 266 g/mol. The number of pyridine rings is 1. The second-order valence-electron chi connectivity index (χ2n) is 5.46. The predicted octanol–water partition coefficient (Wildman–Crippen LogP) is 3.56. The van der Waals surface area contributed by atoms with Crippen LogP contribution in [0.2, 0.25) is 0 Å². The molecule has 1 N–H and O–H groups in total. The first-order valence-corrected chi connectivity index (χ1v) is 6.92. The monoisotopic (exact) mass is 266 g/mol. The van der Waals surface area contributed by atoms with E-state index in [4.69, 9.17) is 0 Å². The molecule has 1 aromatic carbocycles. The van der Waals surface area contributed by atoms with Crippen LogP contribution < -0.4 is 5.32 Å². The van der Waals surface area contributed by atoms with Gasteiger partial charge in [0.15, 0.2) is 0 Å². The maximum Gasteiger partial charge on any atom is 0.224 e. The Bertz CT molecular complexity index is 704. The fraction of sp³-hybridized carbons (Fsp3) is 0.294. The van der Waals surface area contributed by atoms with Crippen molar-refractivity contribution >= 4 is 11.6 Å². The summed E-state index contributed by atoms with van der Waals surface area (Å²) in [7, 11) is 0. The summed E-state index contributed by atoms with van der Waals surface area (Å²) in [6, 6.07) is 8.48. The van der Waals surface area contributed by atoms with Gasteiger partial charge in [-0.05, 0) is 62.1 Å². The molecule has 1 amide bonds. The Morgan fingerprint density at radius 2 is 1.90 bits per heavy atom. The number of aryl methyl sites for hydroxylation is 4. The Kier molecular flexibility index (Phi) is 3.05. The summed E-state index contributed by atoms with van der Waals surface area (Å²) in [6.07, 6.45) is 1.38. The SMILES string of the molecule is Cc1ccc(-c2cc(C)c3c(c2)CCC(=O)N3)c(C)n1. The van der Waals surface area contributed by atoms with E-state index in [1.807, 2.05) is 26.8 Å². The molecule has 0 atom stereocenters. The third-order valence-electron chi connectivity index (χ3n) is 3.84. The molecule has 102 valence electrons. The molecule has 0 aliphatic carbocycles. The van der Waals surface area contributed by atoms with Crippen molar-refractivity contribution in [1.82, 2.24) is 4.98 Å². The highest BCUT2D eigenvalue weighted by atomic mass is 16.1. The van der Waals surface area contributed by atoms with Crippen LogP contribution in [0.25, 0.3) is 11.1 Å². The molecule has 1 aliphatic heterocycles. The number of fused-ring (bicyclic) bond motifs is 1. The maximum absolute atomic E-state index is 11.5. The Hall–Kier alpha value is -2.16. The molecule has 0 radical (unpaired) electrons. The van der Waals surface area contributed by atoms with Crippen LogP contribution in [0.4, 0.5) is 5.69 Å². The minimum atomic E-state index is 0.113. The standard InChI is InChI=1S/C17H18N2O/c1-10-8-14(15-6-4-11(2)18-12(15)3)9-13-5-7-16(20)19-17(10)13/h4,6,8-9H,5,7H2,1-3H3,(H,19,20). The van der Waals surface area contributed by atoms with E-state index in [0.717, 1.165) is 29.1 Å². The van der Waals surface area contributed by atoms with Crippen LogP contribution in [-0.4, -0.2) is 10.9 Å². The van der Waals surface area contributed by atoms with Crippen molar-refractivity contribution in [3.63, 3.8) is 0 Å². The molecular weight excluding hydrogens is 248 g/mol. The van der Waals surface area contributed by atoms with Gasteiger partial charge in [-0.15, -0.1) is 0 Å². The van der Waals surface area contributed by atoms with Crippen LogP contribution in [-0.2, 0) is 11.2 Å². The lowest BCUT2D eigenvalue weighted by molar-refractivity contribution is -0.116. The number of aromatic nitrogens is 1. The maximum atomic E-state index is 11.5. The molecular formula is C17H18N2O. The largest absolute Gasteiger partial charge is 0.326 e. The summed E-state index contributed by atoms with van der Waals surface area (Å²) in [6.45, 7) is 6.09. The van der Waals surface area contributed by atoms with Crippen LogP contribution >= 0.6 is 0 Å². The molecule has 0 saturated heterocycles. The molecule has 0 spiro atoms. The van der Waals surface area contributed by atoms with Crippen LogP contribution in [0.1, 0.15) is 28.9 Å². The lowest BCUT2D eigenvalue weighted by Gasteiger charge is -2.20. The van der Waals surface area contributed by atoms with Crippen LogP contribution in [0, 0.1) is 20.8 Å². The Morgan fingerprint density at radius 3 is 2.65 bits per heavy atom. The first-order chi connectivity index (χ1) is 9.54. The van der Waals surface area contributed by atoms with Crippen molar-refractivity contribution in [1.29, 1.82) is 0 Å². The van der Waals surface area contributed by atoms with Crippen molar-refractivity contribution < 1.29 is 4.79 Å². The number of rotatable bonds is 1. The van der Waals surface area contributed by atoms with Gasteiger partial charge in [0, 0.05) is 29.1 Å². The van der Waals surface area contributed by atoms with Crippen molar-refractivity contribution in [3.8, 4) is 11.1 Å². The van der Waals surface area contributed by atoms with Crippen molar-refractivity contribution in [2.24, 2.45) is 0 Å². The molecule has 1 aromatic heterocycles. The zero-order valence-electron chi connectivity index (χ0n) is 12.1. The molecule has 1 aliphatic rings. The van der Waals surface area contributed by atoms with E-state index in [0.29, 0.717) is 6.42 Å². The molecule has 2 aromatic rings. The Balaban J connectivity index is 2.12. The van der Waals surface area contributed by atoms with Crippen molar-refractivity contribution in [2.75, 3.05) is 5.32 Å². The van der Waals surface area contributed by atoms with Gasteiger partial charge in [0.05, 0.1) is 0 Å². The molecule has 0 bridgehead atoms. The second kappa shape index (κ2) is 4.75. The Labute approximate surface area is 119 Å². The smallest absolute Gasteiger partial charge is 0.224 e. The van der Waals surface area contributed by atoms with Gasteiger partial charge in [-0.1, -0.05) is 6.07 Å². The molecule has 0 saturated carbocycles. The fourth-order valence-electron chi connectivity index (χ4n) is 2.83. The number of carbonyl (C=O) groups excluding carboxylic acids is 1. The predicted molar refractivity (Wildman–Crippen MR) is 80.8 cm³/mol. The number of anilines is 1. The van der Waals surface area contributed by atoms with Gasteiger partial charge < -0.3 is 5.32 Å². The minimum absolute atomic E-state index is 0.113. The van der Waals surface area contributed by atoms with Gasteiger partial charge in [0.25, 0.3) is 0 Å². The molecule has 20 heavy (non-hydrogen) atoms. The van der Waals surface area contributed by atoms with Gasteiger partial charge in [0.1, 0.15) is 0 Å². The van der Waals surface area contributed by atoms with Crippen molar-refractivity contribution in [2.45, 2.75) is 33.6 Å². The summed E-state index contributed by atoms with van der Waals surface area (Å²) in [5, 5.41) is 2.98. The van der Waals surface area contributed by atoms with E-state index < -0.39 is 0 Å². The van der Waals surface area contributed by atoms with Gasteiger partial charge in [-0.2, -0.15) is 0 Å². The zero-order chi connectivity index (χ0) is 14.3. The summed E-state index contributed by atoms with van der Waals surface area (Å²) >= 11 is 0. The number of benzene rings is 1. The van der Waals surface area contributed by atoms with E-state index in [2.05, 4.69) is 28.5 Å². The first-order valence-electron chi connectivity index (χ1n) is 6.92. The van der Waals surface area contributed by atoms with Gasteiger partial charge in [-0.3, -0.25) is 9.78 Å². The van der Waals surface area contributed by atoms with Crippen LogP contribution in [0.15, 0.2) is 24.3 Å². The summed E-state index contributed by atoms with van der Waals surface area (Å²) in [5.41, 5.74) is 7.76. The van der Waals surface area contributed by atoms with Gasteiger partial charge in [-0.25, -0.2) is 0 Å². The highest BCUT2D eigenvalue weighted by Gasteiger charge is 2.18. The summed E-state index contributed by atoms with van der Waals surface area (Å²) < 4.78 is 0.